The average Bonchev–Trinajstić information content (AvgIpc) is 2.48. The number of amides is 1. The number of hydrogen-bond donors (Lipinski definition) is 1. The van der Waals surface area contributed by atoms with E-state index < -0.39 is 4.92 Å². The Morgan fingerprint density at radius 2 is 1.90 bits per heavy atom. The van der Waals surface area contributed by atoms with Crippen molar-refractivity contribution in [3.63, 3.8) is 0 Å². The lowest BCUT2D eigenvalue weighted by atomic mass is 10.1. The van der Waals surface area contributed by atoms with Crippen LogP contribution in [0.2, 0.25) is 0 Å². The molecule has 2 rings (SSSR count). The van der Waals surface area contributed by atoms with E-state index in [-0.39, 0.29) is 17.6 Å². The maximum atomic E-state index is 12.1. The average molecular weight is 284 g/mol. The fourth-order valence-electron chi connectivity index (χ4n) is 2.09. The van der Waals surface area contributed by atoms with Gasteiger partial charge in [-0.05, 0) is 25.0 Å². The summed E-state index contributed by atoms with van der Waals surface area (Å²) in [6, 6.07) is 15.5. The molecule has 2 aromatic carbocycles. The van der Waals surface area contributed by atoms with E-state index in [0.717, 1.165) is 5.56 Å². The molecule has 0 aliphatic heterocycles. The van der Waals surface area contributed by atoms with Gasteiger partial charge in [0.15, 0.2) is 0 Å². The Bertz CT molecular complexity index is 641. The predicted molar refractivity (Wildman–Crippen MR) is 80.2 cm³/mol. The van der Waals surface area contributed by atoms with Crippen molar-refractivity contribution >= 4 is 11.6 Å². The monoisotopic (exact) mass is 284 g/mol. The molecule has 108 valence electrons. The number of nitro groups is 1. The molecule has 0 aliphatic carbocycles. The summed E-state index contributed by atoms with van der Waals surface area (Å²) in [5.41, 5.74) is 1.34. The molecular formula is C16H16N2O3. The van der Waals surface area contributed by atoms with Crippen LogP contribution in [0.25, 0.3) is 0 Å². The van der Waals surface area contributed by atoms with Gasteiger partial charge in [0.2, 0.25) is 0 Å². The van der Waals surface area contributed by atoms with E-state index in [0.29, 0.717) is 12.0 Å². The second kappa shape index (κ2) is 6.65. The molecule has 2 aromatic rings. The number of nitrogens with zero attached hydrogens (tertiary/aromatic N) is 1. The van der Waals surface area contributed by atoms with Gasteiger partial charge in [-0.1, -0.05) is 36.4 Å². The Morgan fingerprint density at radius 1 is 1.19 bits per heavy atom. The predicted octanol–water partition coefficient (Wildman–Crippen LogP) is 2.96. The first-order valence-electron chi connectivity index (χ1n) is 6.65. The van der Waals surface area contributed by atoms with Gasteiger partial charge in [-0.15, -0.1) is 0 Å². The highest BCUT2D eigenvalue weighted by atomic mass is 16.6. The van der Waals surface area contributed by atoms with Crippen LogP contribution in [0.1, 0.15) is 22.8 Å². The summed E-state index contributed by atoms with van der Waals surface area (Å²) in [5.74, 6) is -0.304. The van der Waals surface area contributed by atoms with Crippen molar-refractivity contribution in [2.45, 2.75) is 19.4 Å². The molecule has 1 atom stereocenters. The van der Waals surface area contributed by atoms with Crippen LogP contribution in [0.4, 0.5) is 5.69 Å². The first kappa shape index (κ1) is 14.7. The molecule has 0 aromatic heterocycles. The maximum Gasteiger partial charge on any atom is 0.270 e. The lowest BCUT2D eigenvalue weighted by Gasteiger charge is -2.14. The summed E-state index contributed by atoms with van der Waals surface area (Å²) in [5, 5.41) is 13.6. The van der Waals surface area contributed by atoms with Crippen LogP contribution in [0.5, 0.6) is 0 Å². The van der Waals surface area contributed by atoms with Crippen LogP contribution < -0.4 is 5.32 Å². The first-order valence-corrected chi connectivity index (χ1v) is 6.65. The van der Waals surface area contributed by atoms with Crippen LogP contribution in [0, 0.1) is 10.1 Å². The van der Waals surface area contributed by atoms with Crippen molar-refractivity contribution < 1.29 is 9.72 Å². The van der Waals surface area contributed by atoms with E-state index >= 15 is 0 Å². The van der Waals surface area contributed by atoms with Gasteiger partial charge < -0.3 is 5.32 Å². The largest absolute Gasteiger partial charge is 0.349 e. The van der Waals surface area contributed by atoms with Crippen molar-refractivity contribution in [2.75, 3.05) is 0 Å². The van der Waals surface area contributed by atoms with Gasteiger partial charge >= 0.3 is 0 Å². The molecule has 1 N–H and O–H groups in total. The molecule has 0 aliphatic rings. The molecule has 5 nitrogen and oxygen atoms in total. The quantitative estimate of drug-likeness (QED) is 0.677. The lowest BCUT2D eigenvalue weighted by molar-refractivity contribution is -0.384. The Balaban J connectivity index is 2.01. The molecule has 0 spiro atoms. The third kappa shape index (κ3) is 4.14. The summed E-state index contributed by atoms with van der Waals surface area (Å²) < 4.78 is 0. The van der Waals surface area contributed by atoms with Crippen LogP contribution >= 0.6 is 0 Å². The Kier molecular flexibility index (Phi) is 4.66. The minimum absolute atomic E-state index is 0.0563. The fourth-order valence-corrected chi connectivity index (χ4v) is 2.09. The summed E-state index contributed by atoms with van der Waals surface area (Å²) in [6.45, 7) is 1.91. The number of non-ortho nitro benzene ring substituents is 1. The Labute approximate surface area is 122 Å². The maximum absolute atomic E-state index is 12.1. The van der Waals surface area contributed by atoms with Gasteiger partial charge in [-0.2, -0.15) is 0 Å². The molecule has 0 heterocycles. The molecule has 1 unspecified atom stereocenters. The van der Waals surface area contributed by atoms with E-state index in [4.69, 9.17) is 0 Å². The number of hydrogen-bond acceptors (Lipinski definition) is 3. The first-order chi connectivity index (χ1) is 10.1. The van der Waals surface area contributed by atoms with Crippen molar-refractivity contribution in [1.29, 1.82) is 0 Å². The summed E-state index contributed by atoms with van der Waals surface area (Å²) in [7, 11) is 0. The molecular weight excluding hydrogens is 268 g/mol. The van der Waals surface area contributed by atoms with Crippen LogP contribution in [-0.4, -0.2) is 16.9 Å². The zero-order chi connectivity index (χ0) is 15.2. The van der Waals surface area contributed by atoms with Crippen LogP contribution in [0.3, 0.4) is 0 Å². The summed E-state index contributed by atoms with van der Waals surface area (Å²) >= 11 is 0. The highest BCUT2D eigenvalue weighted by Crippen LogP contribution is 2.13. The third-order valence-electron chi connectivity index (χ3n) is 3.08. The standard InChI is InChI=1S/C16H16N2O3/c1-12(10-13-6-3-2-4-7-13)17-16(19)14-8-5-9-15(11-14)18(20)21/h2-9,11-12H,10H2,1H3,(H,17,19). The minimum Gasteiger partial charge on any atom is -0.349 e. The molecule has 0 saturated heterocycles. The minimum atomic E-state index is -0.510. The van der Waals surface area contributed by atoms with E-state index in [2.05, 4.69) is 5.32 Å². The molecule has 1 amide bonds. The van der Waals surface area contributed by atoms with E-state index in [9.17, 15) is 14.9 Å². The molecule has 0 bridgehead atoms. The van der Waals surface area contributed by atoms with E-state index in [1.807, 2.05) is 37.3 Å². The highest BCUT2D eigenvalue weighted by molar-refractivity contribution is 5.94. The Morgan fingerprint density at radius 3 is 2.57 bits per heavy atom. The second-order valence-corrected chi connectivity index (χ2v) is 4.87. The number of carbonyl (C=O) groups is 1. The van der Waals surface area contributed by atoms with Crippen molar-refractivity contribution in [3.8, 4) is 0 Å². The molecule has 5 heteroatoms. The van der Waals surface area contributed by atoms with Crippen molar-refractivity contribution in [3.05, 3.63) is 75.8 Å². The second-order valence-electron chi connectivity index (χ2n) is 4.87. The van der Waals surface area contributed by atoms with E-state index in [1.165, 1.54) is 18.2 Å². The van der Waals surface area contributed by atoms with Gasteiger partial charge in [0.1, 0.15) is 0 Å². The number of nitro benzene ring substituents is 1. The molecule has 0 fully saturated rings. The summed E-state index contributed by atoms with van der Waals surface area (Å²) in [6.07, 6.45) is 0.710. The zero-order valence-corrected chi connectivity index (χ0v) is 11.7. The zero-order valence-electron chi connectivity index (χ0n) is 11.7. The number of nitrogens with one attached hydrogen (secondary N) is 1. The Hall–Kier alpha value is -2.69. The lowest BCUT2D eigenvalue weighted by Crippen LogP contribution is -2.34. The van der Waals surface area contributed by atoms with Gasteiger partial charge in [0.05, 0.1) is 4.92 Å². The molecule has 0 saturated carbocycles. The highest BCUT2D eigenvalue weighted by Gasteiger charge is 2.13. The number of rotatable bonds is 5. The topological polar surface area (TPSA) is 72.2 Å². The van der Waals surface area contributed by atoms with Gasteiger partial charge in [-0.25, -0.2) is 0 Å². The molecule has 0 radical (unpaired) electrons. The van der Waals surface area contributed by atoms with Gasteiger partial charge in [-0.3, -0.25) is 14.9 Å². The summed E-state index contributed by atoms with van der Waals surface area (Å²) in [4.78, 5) is 22.3. The normalized spacial score (nSPS) is 11.7. The SMILES string of the molecule is CC(Cc1ccccc1)NC(=O)c1cccc([N+](=O)[O-])c1. The smallest absolute Gasteiger partial charge is 0.270 e. The number of benzene rings is 2. The van der Waals surface area contributed by atoms with Crippen molar-refractivity contribution in [2.24, 2.45) is 0 Å². The van der Waals surface area contributed by atoms with Crippen molar-refractivity contribution in [1.82, 2.24) is 5.32 Å². The molecule has 21 heavy (non-hydrogen) atoms. The fraction of sp³-hybridized carbons (Fsp3) is 0.188. The van der Waals surface area contributed by atoms with Gasteiger partial charge in [0, 0.05) is 23.7 Å². The van der Waals surface area contributed by atoms with Crippen LogP contribution in [-0.2, 0) is 6.42 Å². The van der Waals surface area contributed by atoms with Crippen LogP contribution in [0.15, 0.2) is 54.6 Å². The third-order valence-corrected chi connectivity index (χ3v) is 3.08. The van der Waals surface area contributed by atoms with Gasteiger partial charge in [0.25, 0.3) is 11.6 Å². The number of carbonyl (C=O) groups excluding carboxylic acids is 1. The van der Waals surface area contributed by atoms with E-state index in [1.54, 1.807) is 6.07 Å².